The second-order valence-electron chi connectivity index (χ2n) is 3.47. The third kappa shape index (κ3) is 4.97. The van der Waals surface area contributed by atoms with E-state index in [1.54, 1.807) is 6.08 Å². The highest BCUT2D eigenvalue weighted by atomic mass is 16.5. The van der Waals surface area contributed by atoms with Crippen molar-refractivity contribution in [1.29, 1.82) is 0 Å². The molecule has 17 heavy (non-hydrogen) atoms. The quantitative estimate of drug-likeness (QED) is 0.604. The zero-order valence-corrected chi connectivity index (χ0v) is 9.46. The van der Waals surface area contributed by atoms with Crippen molar-refractivity contribution in [3.05, 3.63) is 48.6 Å². The average Bonchev–Trinajstić information content (AvgIpc) is 2.37. The van der Waals surface area contributed by atoms with E-state index in [4.69, 9.17) is 4.74 Å². The van der Waals surface area contributed by atoms with Gasteiger partial charge in [0.1, 0.15) is 12.9 Å². The molecule has 0 fully saturated rings. The van der Waals surface area contributed by atoms with E-state index in [9.17, 15) is 9.59 Å². The summed E-state index contributed by atoms with van der Waals surface area (Å²) in [4.78, 5) is 21.9. The molecular formula is C13H15NO3. The molecule has 1 rings (SSSR count). The zero-order valence-electron chi connectivity index (χ0n) is 9.46. The maximum absolute atomic E-state index is 11.3. The van der Waals surface area contributed by atoms with E-state index in [1.807, 2.05) is 30.3 Å². The molecule has 1 amide bonds. The Balaban J connectivity index is 2.34. The number of hydrogen-bond donors (Lipinski definition) is 1. The van der Waals surface area contributed by atoms with Crippen molar-refractivity contribution in [3.8, 4) is 0 Å². The molecule has 0 saturated heterocycles. The van der Waals surface area contributed by atoms with Crippen LogP contribution >= 0.6 is 0 Å². The molecule has 0 aliphatic heterocycles. The van der Waals surface area contributed by atoms with Gasteiger partial charge in [0.2, 0.25) is 0 Å². The normalized spacial score (nSPS) is 11.3. The molecule has 0 radical (unpaired) electrons. The van der Waals surface area contributed by atoms with Crippen LogP contribution in [0.1, 0.15) is 12.0 Å². The highest BCUT2D eigenvalue weighted by Crippen LogP contribution is 2.01. The van der Waals surface area contributed by atoms with Gasteiger partial charge in [-0.3, -0.25) is 0 Å². The van der Waals surface area contributed by atoms with Crippen molar-refractivity contribution in [3.63, 3.8) is 0 Å². The smallest absolute Gasteiger partial charge is 0.408 e. The third-order valence-electron chi connectivity index (χ3n) is 2.10. The first-order valence-electron chi connectivity index (χ1n) is 5.29. The summed E-state index contributed by atoms with van der Waals surface area (Å²) in [5.74, 6) is 0. The van der Waals surface area contributed by atoms with Crippen LogP contribution in [0.25, 0.3) is 0 Å². The molecule has 0 heterocycles. The largest absolute Gasteiger partial charge is 0.445 e. The first kappa shape index (κ1) is 13.0. The molecule has 1 aromatic rings. The number of amides is 1. The lowest BCUT2D eigenvalue weighted by Gasteiger charge is -2.10. The van der Waals surface area contributed by atoms with E-state index in [1.165, 1.54) is 0 Å². The highest BCUT2D eigenvalue weighted by Gasteiger charge is 2.10. The molecule has 1 aromatic carbocycles. The predicted molar refractivity (Wildman–Crippen MR) is 64.4 cm³/mol. The number of nitrogens with one attached hydrogen (secondary N) is 1. The van der Waals surface area contributed by atoms with Gasteiger partial charge in [-0.25, -0.2) is 4.79 Å². The summed E-state index contributed by atoms with van der Waals surface area (Å²) in [6.45, 7) is 3.69. The molecule has 90 valence electrons. The first-order chi connectivity index (χ1) is 8.26. The molecule has 0 unspecified atom stereocenters. The summed E-state index contributed by atoms with van der Waals surface area (Å²) in [7, 11) is 0. The second-order valence-corrected chi connectivity index (χ2v) is 3.47. The second kappa shape index (κ2) is 7.22. The number of carbonyl (C=O) groups excluding carboxylic acids is 2. The van der Waals surface area contributed by atoms with Crippen molar-refractivity contribution in [2.75, 3.05) is 0 Å². The van der Waals surface area contributed by atoms with Gasteiger partial charge in [0.25, 0.3) is 0 Å². The van der Waals surface area contributed by atoms with E-state index in [0.717, 1.165) is 5.56 Å². The van der Waals surface area contributed by atoms with E-state index in [-0.39, 0.29) is 6.61 Å². The first-order valence-corrected chi connectivity index (χ1v) is 5.29. The van der Waals surface area contributed by atoms with Gasteiger partial charge >= 0.3 is 6.09 Å². The Hall–Kier alpha value is -2.10. The molecule has 0 aromatic heterocycles. The van der Waals surface area contributed by atoms with Crippen LogP contribution in [0.2, 0.25) is 0 Å². The Morgan fingerprint density at radius 1 is 1.41 bits per heavy atom. The Labute approximate surface area is 100 Å². The standard InChI is InChI=1S/C13H15NO3/c1-2-6-12(9-15)14-13(16)17-10-11-7-4-3-5-8-11/h2-5,7-9,12H,1,6,10H2,(H,14,16)/t12-/m0/s1. The van der Waals surface area contributed by atoms with Crippen LogP contribution < -0.4 is 5.32 Å². The van der Waals surface area contributed by atoms with Crippen molar-refractivity contribution >= 4 is 12.4 Å². The fourth-order valence-corrected chi connectivity index (χ4v) is 1.24. The summed E-state index contributed by atoms with van der Waals surface area (Å²) in [5.41, 5.74) is 0.897. The van der Waals surface area contributed by atoms with Crippen molar-refractivity contribution in [2.45, 2.75) is 19.1 Å². The molecule has 0 spiro atoms. The predicted octanol–water partition coefficient (Wildman–Crippen LogP) is 2.06. The molecule has 0 aliphatic carbocycles. The van der Waals surface area contributed by atoms with Crippen LogP contribution in [0.3, 0.4) is 0 Å². The van der Waals surface area contributed by atoms with Crippen molar-refractivity contribution in [1.82, 2.24) is 5.32 Å². The van der Waals surface area contributed by atoms with Gasteiger partial charge in [0.05, 0.1) is 6.04 Å². The maximum atomic E-state index is 11.3. The summed E-state index contributed by atoms with van der Waals surface area (Å²) < 4.78 is 4.96. The molecular weight excluding hydrogens is 218 g/mol. The summed E-state index contributed by atoms with van der Waals surface area (Å²) >= 11 is 0. The lowest BCUT2D eigenvalue weighted by molar-refractivity contribution is -0.109. The van der Waals surface area contributed by atoms with Crippen LogP contribution in [0, 0.1) is 0 Å². The minimum absolute atomic E-state index is 0.187. The molecule has 0 aliphatic rings. The lowest BCUT2D eigenvalue weighted by atomic mass is 10.2. The molecule has 0 saturated carbocycles. The minimum Gasteiger partial charge on any atom is -0.445 e. The number of ether oxygens (including phenoxy) is 1. The third-order valence-corrected chi connectivity index (χ3v) is 2.10. The van der Waals surface area contributed by atoms with E-state index in [2.05, 4.69) is 11.9 Å². The van der Waals surface area contributed by atoms with Gasteiger partial charge in [-0.15, -0.1) is 6.58 Å². The Kier molecular flexibility index (Phi) is 5.51. The Morgan fingerprint density at radius 3 is 2.71 bits per heavy atom. The molecule has 1 atom stereocenters. The fourth-order valence-electron chi connectivity index (χ4n) is 1.24. The highest BCUT2D eigenvalue weighted by molar-refractivity contribution is 5.73. The number of rotatable bonds is 6. The monoisotopic (exact) mass is 233 g/mol. The Bertz CT molecular complexity index is 376. The fraction of sp³-hybridized carbons (Fsp3) is 0.231. The van der Waals surface area contributed by atoms with Gasteiger partial charge in [0.15, 0.2) is 0 Å². The van der Waals surface area contributed by atoms with E-state index in [0.29, 0.717) is 12.7 Å². The zero-order chi connectivity index (χ0) is 12.5. The molecule has 0 bridgehead atoms. The lowest BCUT2D eigenvalue weighted by Crippen LogP contribution is -2.35. The minimum atomic E-state index is -0.604. The van der Waals surface area contributed by atoms with Gasteiger partial charge < -0.3 is 14.8 Å². The topological polar surface area (TPSA) is 55.4 Å². The number of carbonyl (C=O) groups is 2. The van der Waals surface area contributed by atoms with E-state index < -0.39 is 12.1 Å². The number of alkyl carbamates (subject to hydrolysis) is 1. The van der Waals surface area contributed by atoms with Gasteiger partial charge in [0, 0.05) is 0 Å². The van der Waals surface area contributed by atoms with Crippen molar-refractivity contribution < 1.29 is 14.3 Å². The SMILES string of the molecule is C=CC[C@@H](C=O)NC(=O)OCc1ccccc1. The Morgan fingerprint density at radius 2 is 2.12 bits per heavy atom. The van der Waals surface area contributed by atoms with Crippen LogP contribution in [-0.2, 0) is 16.1 Å². The molecule has 4 heteroatoms. The van der Waals surface area contributed by atoms with Crippen LogP contribution in [0.4, 0.5) is 4.79 Å². The maximum Gasteiger partial charge on any atom is 0.408 e. The number of hydrogen-bond acceptors (Lipinski definition) is 3. The summed E-state index contributed by atoms with van der Waals surface area (Å²) in [5, 5.41) is 2.44. The summed E-state index contributed by atoms with van der Waals surface area (Å²) in [6, 6.07) is 8.75. The number of benzene rings is 1. The summed E-state index contributed by atoms with van der Waals surface area (Å²) in [6.07, 6.45) is 2.01. The van der Waals surface area contributed by atoms with Gasteiger partial charge in [-0.2, -0.15) is 0 Å². The van der Waals surface area contributed by atoms with Gasteiger partial charge in [-0.05, 0) is 12.0 Å². The molecule has 1 N–H and O–H groups in total. The number of aldehydes is 1. The van der Waals surface area contributed by atoms with Gasteiger partial charge in [-0.1, -0.05) is 36.4 Å². The van der Waals surface area contributed by atoms with E-state index >= 15 is 0 Å². The van der Waals surface area contributed by atoms with Crippen LogP contribution in [-0.4, -0.2) is 18.4 Å². The van der Waals surface area contributed by atoms with Crippen molar-refractivity contribution in [2.24, 2.45) is 0 Å². The van der Waals surface area contributed by atoms with Crippen LogP contribution in [0.15, 0.2) is 43.0 Å². The van der Waals surface area contributed by atoms with Crippen LogP contribution in [0.5, 0.6) is 0 Å². The molecule has 4 nitrogen and oxygen atoms in total. The average molecular weight is 233 g/mol.